The van der Waals surface area contributed by atoms with Gasteiger partial charge in [-0.15, -0.1) is 0 Å². The Balaban J connectivity index is 1.55. The zero-order valence-electron chi connectivity index (χ0n) is 17.9. The molecule has 31 heavy (non-hydrogen) atoms. The van der Waals surface area contributed by atoms with E-state index in [0.717, 1.165) is 23.2 Å². The van der Waals surface area contributed by atoms with E-state index in [1.165, 1.54) is 5.56 Å². The predicted octanol–water partition coefficient (Wildman–Crippen LogP) is 3.12. The van der Waals surface area contributed by atoms with Crippen LogP contribution in [0.2, 0.25) is 0 Å². The molecule has 0 spiro atoms. The average Bonchev–Trinajstić information content (AvgIpc) is 3.03. The van der Waals surface area contributed by atoms with E-state index in [0.29, 0.717) is 23.8 Å². The number of fused-ring (bicyclic) bond motifs is 1. The zero-order valence-corrected chi connectivity index (χ0v) is 17.9. The van der Waals surface area contributed by atoms with Crippen LogP contribution in [-0.4, -0.2) is 39.2 Å². The fraction of sp³-hybridized carbons (Fsp3) is 0.292. The lowest BCUT2D eigenvalue weighted by molar-refractivity contribution is -0.118. The number of benzene rings is 1. The number of rotatable bonds is 6. The number of pyridine rings is 1. The van der Waals surface area contributed by atoms with Crippen molar-refractivity contribution in [3.05, 3.63) is 71.6 Å². The largest absolute Gasteiger partial charge is 0.301 e. The SMILES string of the molecule is CCc1cccc(-c2cnc3c(c2)N(C(=O)CNCc2nccc(C)n2)C(C)C3=O)c1. The van der Waals surface area contributed by atoms with Crippen molar-refractivity contribution in [1.29, 1.82) is 0 Å². The number of nitrogens with zero attached hydrogens (tertiary/aromatic N) is 4. The highest BCUT2D eigenvalue weighted by atomic mass is 16.2. The van der Waals surface area contributed by atoms with E-state index < -0.39 is 6.04 Å². The van der Waals surface area contributed by atoms with E-state index in [9.17, 15) is 9.59 Å². The molecule has 7 nitrogen and oxygen atoms in total. The van der Waals surface area contributed by atoms with Crippen LogP contribution in [-0.2, 0) is 17.8 Å². The van der Waals surface area contributed by atoms with E-state index in [4.69, 9.17) is 0 Å². The number of aryl methyl sites for hydroxylation is 2. The van der Waals surface area contributed by atoms with Gasteiger partial charge in [-0.2, -0.15) is 0 Å². The fourth-order valence-corrected chi connectivity index (χ4v) is 3.78. The van der Waals surface area contributed by atoms with E-state index in [1.807, 2.05) is 31.2 Å². The Morgan fingerprint density at radius 2 is 2.00 bits per heavy atom. The Hall–Kier alpha value is -3.45. The van der Waals surface area contributed by atoms with Gasteiger partial charge in [-0.05, 0) is 43.5 Å². The predicted molar refractivity (Wildman–Crippen MR) is 119 cm³/mol. The minimum absolute atomic E-state index is 0.0733. The van der Waals surface area contributed by atoms with Crippen molar-refractivity contribution in [2.75, 3.05) is 11.4 Å². The van der Waals surface area contributed by atoms with Crippen molar-refractivity contribution in [3.8, 4) is 11.1 Å². The van der Waals surface area contributed by atoms with Crippen molar-refractivity contribution in [1.82, 2.24) is 20.3 Å². The van der Waals surface area contributed by atoms with Crippen LogP contribution in [0.3, 0.4) is 0 Å². The van der Waals surface area contributed by atoms with Gasteiger partial charge in [-0.25, -0.2) is 9.97 Å². The first-order valence-electron chi connectivity index (χ1n) is 10.4. The molecular formula is C24H25N5O2. The molecule has 0 aliphatic carbocycles. The fourth-order valence-electron chi connectivity index (χ4n) is 3.78. The molecule has 1 amide bonds. The molecular weight excluding hydrogens is 390 g/mol. The van der Waals surface area contributed by atoms with E-state index in [-0.39, 0.29) is 18.2 Å². The van der Waals surface area contributed by atoms with E-state index in [2.05, 4.69) is 39.3 Å². The van der Waals surface area contributed by atoms with Crippen LogP contribution in [0.4, 0.5) is 5.69 Å². The lowest BCUT2D eigenvalue weighted by Crippen LogP contribution is -2.43. The Morgan fingerprint density at radius 1 is 1.16 bits per heavy atom. The maximum absolute atomic E-state index is 13.0. The van der Waals surface area contributed by atoms with Crippen LogP contribution in [0.25, 0.3) is 11.1 Å². The molecule has 1 aromatic carbocycles. The molecule has 4 rings (SSSR count). The van der Waals surface area contributed by atoms with Crippen molar-refractivity contribution in [2.45, 2.75) is 39.8 Å². The quantitative estimate of drug-likeness (QED) is 0.666. The van der Waals surface area contributed by atoms with Crippen molar-refractivity contribution >= 4 is 17.4 Å². The molecule has 1 aliphatic heterocycles. The van der Waals surface area contributed by atoms with Gasteiger partial charge in [0.1, 0.15) is 11.5 Å². The molecule has 2 aromatic heterocycles. The summed E-state index contributed by atoms with van der Waals surface area (Å²) in [5.74, 6) is 0.297. The molecule has 3 heterocycles. The number of nitrogens with one attached hydrogen (secondary N) is 1. The van der Waals surface area contributed by atoms with Crippen LogP contribution in [0.15, 0.2) is 48.8 Å². The molecule has 158 valence electrons. The first kappa shape index (κ1) is 20.8. The molecule has 7 heteroatoms. The van der Waals surface area contributed by atoms with E-state index >= 15 is 0 Å². The van der Waals surface area contributed by atoms with Crippen molar-refractivity contribution < 1.29 is 9.59 Å². The highest BCUT2D eigenvalue weighted by Gasteiger charge is 2.39. The molecule has 1 unspecified atom stereocenters. The molecule has 0 radical (unpaired) electrons. The zero-order chi connectivity index (χ0) is 22.0. The van der Waals surface area contributed by atoms with Gasteiger partial charge in [0.05, 0.1) is 24.8 Å². The van der Waals surface area contributed by atoms with Gasteiger partial charge in [-0.1, -0.05) is 31.2 Å². The third-order valence-corrected chi connectivity index (χ3v) is 5.47. The number of carbonyl (C=O) groups excluding carboxylic acids is 2. The summed E-state index contributed by atoms with van der Waals surface area (Å²) in [6.07, 6.45) is 4.33. The molecule has 1 atom stereocenters. The summed E-state index contributed by atoms with van der Waals surface area (Å²) in [6, 6.07) is 11.3. The maximum Gasteiger partial charge on any atom is 0.241 e. The summed E-state index contributed by atoms with van der Waals surface area (Å²) >= 11 is 0. The summed E-state index contributed by atoms with van der Waals surface area (Å²) in [7, 11) is 0. The minimum Gasteiger partial charge on any atom is -0.301 e. The first-order chi connectivity index (χ1) is 15.0. The number of carbonyl (C=O) groups is 2. The van der Waals surface area contributed by atoms with Crippen LogP contribution in [0, 0.1) is 6.92 Å². The third kappa shape index (κ3) is 4.22. The third-order valence-electron chi connectivity index (χ3n) is 5.47. The number of hydrogen-bond acceptors (Lipinski definition) is 6. The van der Waals surface area contributed by atoms with Crippen LogP contribution in [0.1, 0.15) is 41.4 Å². The van der Waals surface area contributed by atoms with Gasteiger partial charge in [-0.3, -0.25) is 19.5 Å². The molecule has 3 aromatic rings. The normalized spacial score (nSPS) is 15.3. The van der Waals surface area contributed by atoms with Gasteiger partial charge in [0, 0.05) is 23.7 Å². The Morgan fingerprint density at radius 3 is 2.77 bits per heavy atom. The lowest BCUT2D eigenvalue weighted by Gasteiger charge is -2.22. The Kier molecular flexibility index (Phi) is 5.86. The van der Waals surface area contributed by atoms with Crippen LogP contribution in [0.5, 0.6) is 0 Å². The second-order valence-electron chi connectivity index (χ2n) is 7.67. The first-order valence-corrected chi connectivity index (χ1v) is 10.4. The molecule has 1 aliphatic rings. The number of ketones is 1. The Labute approximate surface area is 181 Å². The van der Waals surface area contributed by atoms with Crippen LogP contribution < -0.4 is 10.2 Å². The number of aromatic nitrogens is 3. The second-order valence-corrected chi connectivity index (χ2v) is 7.67. The highest BCUT2D eigenvalue weighted by Crippen LogP contribution is 2.34. The molecule has 1 N–H and O–H groups in total. The number of anilines is 1. The standard InChI is InChI=1S/C24H25N5O2/c1-4-17-6-5-7-18(10-17)19-11-20-23(27-12-19)24(31)16(3)29(20)22(30)14-25-13-21-26-9-8-15(2)28-21/h5-12,16,25H,4,13-14H2,1-3H3. The van der Waals surface area contributed by atoms with Crippen LogP contribution >= 0.6 is 0 Å². The summed E-state index contributed by atoms with van der Waals surface area (Å²) in [5.41, 5.74) is 4.90. The summed E-state index contributed by atoms with van der Waals surface area (Å²) in [6.45, 7) is 6.19. The lowest BCUT2D eigenvalue weighted by atomic mass is 10.0. The van der Waals surface area contributed by atoms with E-state index in [1.54, 1.807) is 24.2 Å². The van der Waals surface area contributed by atoms with Gasteiger partial charge in [0.25, 0.3) is 0 Å². The number of hydrogen-bond donors (Lipinski definition) is 1. The van der Waals surface area contributed by atoms with Gasteiger partial charge in [0.2, 0.25) is 11.7 Å². The molecule has 0 saturated heterocycles. The Bertz CT molecular complexity index is 1140. The summed E-state index contributed by atoms with van der Waals surface area (Å²) < 4.78 is 0. The van der Waals surface area contributed by atoms with Crippen molar-refractivity contribution in [3.63, 3.8) is 0 Å². The summed E-state index contributed by atoms with van der Waals surface area (Å²) in [4.78, 5) is 40.2. The molecule has 0 fully saturated rings. The van der Waals surface area contributed by atoms with Gasteiger partial charge in [0.15, 0.2) is 0 Å². The maximum atomic E-state index is 13.0. The number of amides is 1. The number of Topliss-reactive ketones (excluding diaryl/α,β-unsaturated/α-hetero) is 1. The summed E-state index contributed by atoms with van der Waals surface area (Å²) in [5, 5.41) is 3.09. The van der Waals surface area contributed by atoms with Gasteiger partial charge >= 0.3 is 0 Å². The van der Waals surface area contributed by atoms with Gasteiger partial charge < -0.3 is 5.32 Å². The minimum atomic E-state index is -0.579. The molecule has 0 bridgehead atoms. The average molecular weight is 415 g/mol. The smallest absolute Gasteiger partial charge is 0.241 e. The second kappa shape index (κ2) is 8.73. The van der Waals surface area contributed by atoms with Crippen molar-refractivity contribution in [2.24, 2.45) is 0 Å². The monoisotopic (exact) mass is 415 g/mol. The highest BCUT2D eigenvalue weighted by molar-refractivity contribution is 6.17. The topological polar surface area (TPSA) is 88.1 Å². The molecule has 0 saturated carbocycles.